The van der Waals surface area contributed by atoms with Crippen molar-refractivity contribution in [3.8, 4) is 0 Å². The number of carboxylic acid groups (broad SMARTS) is 1. The summed E-state index contributed by atoms with van der Waals surface area (Å²) in [5.41, 5.74) is -0.160. The second kappa shape index (κ2) is 7.42. The zero-order valence-electron chi connectivity index (χ0n) is 11.5. The summed E-state index contributed by atoms with van der Waals surface area (Å²) in [5, 5.41) is 11.1. The Balaban J connectivity index is 2.25. The van der Waals surface area contributed by atoms with E-state index in [-0.39, 0.29) is 18.1 Å². The molecule has 1 heterocycles. The molecule has 0 radical (unpaired) electrons. The first-order valence-corrected chi connectivity index (χ1v) is 6.31. The number of morpholine rings is 1. The van der Waals surface area contributed by atoms with Crippen molar-refractivity contribution in [1.82, 2.24) is 10.2 Å². The van der Waals surface area contributed by atoms with Crippen LogP contribution in [0, 0.1) is 0 Å². The maximum absolute atomic E-state index is 11.5. The van der Waals surface area contributed by atoms with Gasteiger partial charge in [-0.3, -0.25) is 9.69 Å². The number of carbonyl (C=O) groups is 2. The molecule has 0 aromatic rings. The smallest absolute Gasteiger partial charge is 0.329 e. The second-order valence-corrected chi connectivity index (χ2v) is 5.08. The minimum Gasteiger partial charge on any atom is -0.480 e. The lowest BCUT2D eigenvalue weighted by molar-refractivity contribution is -0.143. The van der Waals surface area contributed by atoms with E-state index >= 15 is 0 Å². The van der Waals surface area contributed by atoms with Crippen LogP contribution in [0.5, 0.6) is 0 Å². The Morgan fingerprint density at radius 1 is 1.32 bits per heavy atom. The van der Waals surface area contributed by atoms with Crippen molar-refractivity contribution in [3.63, 3.8) is 0 Å². The first-order valence-electron chi connectivity index (χ1n) is 6.31. The number of hydrogen-bond acceptors (Lipinski definition) is 5. The van der Waals surface area contributed by atoms with Crippen molar-refractivity contribution in [1.29, 1.82) is 0 Å². The predicted octanol–water partition coefficient (Wildman–Crippen LogP) is -0.685. The highest BCUT2D eigenvalue weighted by Crippen LogP contribution is 2.14. The summed E-state index contributed by atoms with van der Waals surface area (Å²) >= 11 is 0. The number of nitrogens with one attached hydrogen (secondary N) is 1. The van der Waals surface area contributed by atoms with Crippen LogP contribution in [0.2, 0.25) is 0 Å². The summed E-state index contributed by atoms with van der Waals surface area (Å²) in [5.74, 6) is -1.39. The van der Waals surface area contributed by atoms with Crippen LogP contribution in [-0.2, 0) is 19.1 Å². The van der Waals surface area contributed by atoms with Gasteiger partial charge in [0.1, 0.15) is 13.2 Å². The molecule has 1 amide bonds. The third kappa shape index (κ3) is 6.00. The van der Waals surface area contributed by atoms with Gasteiger partial charge in [-0.15, -0.1) is 0 Å². The van der Waals surface area contributed by atoms with Gasteiger partial charge in [0.05, 0.1) is 13.2 Å². The Hall–Kier alpha value is -1.18. The van der Waals surface area contributed by atoms with Gasteiger partial charge in [0.15, 0.2) is 0 Å². The van der Waals surface area contributed by atoms with E-state index in [1.165, 1.54) is 0 Å². The number of carbonyl (C=O) groups excluding carboxylic acids is 1. The molecule has 1 aliphatic heterocycles. The molecular formula is C12H22N2O5. The topological polar surface area (TPSA) is 88.1 Å². The fraction of sp³-hybridized carbons (Fsp3) is 0.833. The fourth-order valence-electron chi connectivity index (χ4n) is 1.88. The van der Waals surface area contributed by atoms with Crippen LogP contribution in [0.3, 0.4) is 0 Å². The summed E-state index contributed by atoms with van der Waals surface area (Å²) in [7, 11) is 0. The zero-order valence-corrected chi connectivity index (χ0v) is 11.5. The van der Waals surface area contributed by atoms with Crippen molar-refractivity contribution >= 4 is 11.9 Å². The number of amides is 1. The highest BCUT2D eigenvalue weighted by atomic mass is 16.5. The molecule has 19 heavy (non-hydrogen) atoms. The number of rotatable bonds is 7. The normalized spacial score (nSPS) is 17.2. The Morgan fingerprint density at radius 3 is 2.53 bits per heavy atom. The quantitative estimate of drug-likeness (QED) is 0.639. The molecule has 110 valence electrons. The van der Waals surface area contributed by atoms with E-state index in [0.717, 1.165) is 13.1 Å². The molecule has 0 aromatic carbocycles. The van der Waals surface area contributed by atoms with Gasteiger partial charge in [-0.05, 0) is 13.8 Å². The third-order valence-corrected chi connectivity index (χ3v) is 3.04. The Morgan fingerprint density at radius 2 is 1.95 bits per heavy atom. The molecule has 0 aromatic heterocycles. The molecule has 0 aliphatic carbocycles. The Bertz CT molecular complexity index is 313. The molecule has 0 bridgehead atoms. The molecule has 1 saturated heterocycles. The van der Waals surface area contributed by atoms with Crippen LogP contribution < -0.4 is 5.32 Å². The van der Waals surface area contributed by atoms with Gasteiger partial charge in [0.25, 0.3) is 0 Å². The van der Waals surface area contributed by atoms with E-state index in [9.17, 15) is 9.59 Å². The van der Waals surface area contributed by atoms with E-state index in [0.29, 0.717) is 19.8 Å². The largest absolute Gasteiger partial charge is 0.480 e. The summed E-state index contributed by atoms with van der Waals surface area (Å²) in [4.78, 5) is 24.0. The van der Waals surface area contributed by atoms with E-state index in [4.69, 9.17) is 14.6 Å². The maximum atomic E-state index is 11.5. The van der Waals surface area contributed by atoms with Gasteiger partial charge in [-0.25, -0.2) is 4.79 Å². The number of hydrogen-bond donors (Lipinski definition) is 2. The molecule has 2 N–H and O–H groups in total. The van der Waals surface area contributed by atoms with Crippen molar-refractivity contribution in [2.75, 3.05) is 46.1 Å². The van der Waals surface area contributed by atoms with E-state index in [2.05, 4.69) is 24.1 Å². The highest BCUT2D eigenvalue weighted by molar-refractivity contribution is 5.77. The average Bonchev–Trinajstić information content (AvgIpc) is 2.37. The lowest BCUT2D eigenvalue weighted by atomic mass is 10.0. The van der Waals surface area contributed by atoms with Crippen LogP contribution in [0.1, 0.15) is 13.8 Å². The van der Waals surface area contributed by atoms with E-state index in [1.807, 2.05) is 0 Å². The van der Waals surface area contributed by atoms with Crippen LogP contribution in [0.4, 0.5) is 0 Å². The van der Waals surface area contributed by atoms with Gasteiger partial charge in [0, 0.05) is 25.2 Å². The van der Waals surface area contributed by atoms with Gasteiger partial charge >= 0.3 is 5.97 Å². The summed E-state index contributed by atoms with van der Waals surface area (Å²) in [6.45, 7) is 7.01. The first-order chi connectivity index (χ1) is 8.92. The standard InChI is InChI=1S/C12H22N2O5/c1-12(2,14-3-5-18-6-4-14)9-13-10(15)7-19-8-11(16)17/h3-9H2,1-2H3,(H,13,15)(H,16,17). The number of nitrogens with zero attached hydrogens (tertiary/aromatic N) is 1. The van der Waals surface area contributed by atoms with Crippen molar-refractivity contribution < 1.29 is 24.2 Å². The van der Waals surface area contributed by atoms with Gasteiger partial charge in [0.2, 0.25) is 5.91 Å². The van der Waals surface area contributed by atoms with Crippen molar-refractivity contribution in [2.24, 2.45) is 0 Å². The van der Waals surface area contributed by atoms with Crippen LogP contribution >= 0.6 is 0 Å². The maximum Gasteiger partial charge on any atom is 0.329 e. The molecule has 7 nitrogen and oxygen atoms in total. The zero-order chi connectivity index (χ0) is 14.3. The van der Waals surface area contributed by atoms with Gasteiger partial charge in [-0.2, -0.15) is 0 Å². The second-order valence-electron chi connectivity index (χ2n) is 5.08. The SMILES string of the molecule is CC(C)(CNC(=O)COCC(=O)O)N1CCOCC1. The number of carboxylic acids is 1. The lowest BCUT2D eigenvalue weighted by Crippen LogP contribution is -2.55. The molecule has 0 unspecified atom stereocenters. The average molecular weight is 274 g/mol. The van der Waals surface area contributed by atoms with Crippen LogP contribution in [0.25, 0.3) is 0 Å². The summed E-state index contributed by atoms with van der Waals surface area (Å²) in [6, 6.07) is 0. The molecule has 1 aliphatic rings. The van der Waals surface area contributed by atoms with Gasteiger partial charge in [-0.1, -0.05) is 0 Å². The van der Waals surface area contributed by atoms with Crippen LogP contribution in [0.15, 0.2) is 0 Å². The fourth-order valence-corrected chi connectivity index (χ4v) is 1.88. The molecule has 0 spiro atoms. The first kappa shape index (κ1) is 15.9. The Kier molecular flexibility index (Phi) is 6.20. The number of aliphatic carboxylic acids is 1. The van der Waals surface area contributed by atoms with Crippen molar-refractivity contribution in [2.45, 2.75) is 19.4 Å². The summed E-state index contributed by atoms with van der Waals surface area (Å²) < 4.78 is 10.0. The molecule has 0 atom stereocenters. The van der Waals surface area contributed by atoms with Crippen molar-refractivity contribution in [3.05, 3.63) is 0 Å². The number of ether oxygens (including phenoxy) is 2. The highest BCUT2D eigenvalue weighted by Gasteiger charge is 2.28. The Labute approximate surface area is 112 Å². The monoisotopic (exact) mass is 274 g/mol. The summed E-state index contributed by atoms with van der Waals surface area (Å²) in [6.07, 6.45) is 0. The molecule has 0 saturated carbocycles. The predicted molar refractivity (Wildman–Crippen MR) is 67.9 cm³/mol. The molecule has 1 rings (SSSR count). The minimum atomic E-state index is -1.08. The third-order valence-electron chi connectivity index (χ3n) is 3.04. The minimum absolute atomic E-state index is 0.160. The van der Waals surface area contributed by atoms with E-state index < -0.39 is 12.6 Å². The molecule has 7 heteroatoms. The lowest BCUT2D eigenvalue weighted by Gasteiger charge is -2.40. The van der Waals surface area contributed by atoms with Crippen LogP contribution in [-0.4, -0.2) is 73.5 Å². The molecular weight excluding hydrogens is 252 g/mol. The van der Waals surface area contributed by atoms with E-state index in [1.54, 1.807) is 0 Å². The molecule has 1 fully saturated rings. The van der Waals surface area contributed by atoms with Gasteiger partial charge < -0.3 is 19.9 Å².